The molecule has 0 atom stereocenters. The Kier molecular flexibility index (Phi) is 3.35. The molecule has 1 saturated carbocycles. The molecular weight excluding hydrogens is 324 g/mol. The third kappa shape index (κ3) is 2.24. The van der Waals surface area contributed by atoms with Gasteiger partial charge in [-0.1, -0.05) is 54.6 Å². The van der Waals surface area contributed by atoms with Crippen LogP contribution in [0.15, 0.2) is 67.1 Å². The van der Waals surface area contributed by atoms with Crippen molar-refractivity contribution in [1.29, 1.82) is 0 Å². The monoisotopic (exact) mass is 344 g/mol. The van der Waals surface area contributed by atoms with E-state index < -0.39 is 0 Å². The number of hydrogen-bond acceptors (Lipinski definition) is 2. The fraction of sp³-hybridized carbons (Fsp3) is 0.238. The molecule has 3 aromatic rings. The Morgan fingerprint density at radius 2 is 1.88 bits per heavy atom. The van der Waals surface area contributed by atoms with Gasteiger partial charge in [-0.3, -0.25) is 0 Å². The van der Waals surface area contributed by atoms with Crippen LogP contribution in [0.2, 0.25) is 0 Å². The fourth-order valence-corrected chi connectivity index (χ4v) is 4.37. The van der Waals surface area contributed by atoms with Crippen molar-refractivity contribution in [2.24, 2.45) is 0 Å². The summed E-state index contributed by atoms with van der Waals surface area (Å²) in [6.45, 7) is 0.541. The fourth-order valence-electron chi connectivity index (χ4n) is 4.37. The van der Waals surface area contributed by atoms with Gasteiger partial charge in [0.2, 0.25) is 0 Å². The zero-order chi connectivity index (χ0) is 17.6. The average Bonchev–Trinajstić information content (AvgIpc) is 3.22. The SMILES string of the molecule is O=C(NCc1ccccc1)NC1CC2(C1)c1ccccc1-c1cncn12. The van der Waals surface area contributed by atoms with Gasteiger partial charge in [0.25, 0.3) is 0 Å². The minimum absolute atomic E-state index is 0.0558. The van der Waals surface area contributed by atoms with E-state index >= 15 is 0 Å². The zero-order valence-corrected chi connectivity index (χ0v) is 14.4. The van der Waals surface area contributed by atoms with E-state index in [1.807, 2.05) is 42.9 Å². The summed E-state index contributed by atoms with van der Waals surface area (Å²) in [7, 11) is 0. The number of benzene rings is 2. The average molecular weight is 344 g/mol. The number of nitrogens with zero attached hydrogens (tertiary/aromatic N) is 2. The molecule has 1 aliphatic carbocycles. The molecular formula is C21H20N4O. The number of imidazole rings is 1. The number of rotatable bonds is 3. The topological polar surface area (TPSA) is 59.0 Å². The highest BCUT2D eigenvalue weighted by Gasteiger charge is 2.52. The number of nitrogens with one attached hydrogen (secondary N) is 2. The summed E-state index contributed by atoms with van der Waals surface area (Å²) in [6.07, 6.45) is 5.64. The van der Waals surface area contributed by atoms with Crippen LogP contribution in [0.4, 0.5) is 4.79 Å². The summed E-state index contributed by atoms with van der Waals surface area (Å²) >= 11 is 0. The highest BCUT2D eigenvalue weighted by molar-refractivity contribution is 5.75. The number of aromatic nitrogens is 2. The maximum Gasteiger partial charge on any atom is 0.315 e. The summed E-state index contributed by atoms with van der Waals surface area (Å²) < 4.78 is 2.28. The van der Waals surface area contributed by atoms with Crippen molar-refractivity contribution in [3.05, 3.63) is 78.2 Å². The summed E-state index contributed by atoms with van der Waals surface area (Å²) in [5.74, 6) is 0. The first-order valence-corrected chi connectivity index (χ1v) is 8.97. The van der Waals surface area contributed by atoms with Gasteiger partial charge in [-0.15, -0.1) is 0 Å². The number of carbonyl (C=O) groups excluding carboxylic acids is 1. The number of carbonyl (C=O) groups is 1. The minimum Gasteiger partial charge on any atom is -0.335 e. The van der Waals surface area contributed by atoms with Gasteiger partial charge < -0.3 is 15.2 Å². The molecule has 0 bridgehead atoms. The quantitative estimate of drug-likeness (QED) is 0.766. The molecule has 0 radical (unpaired) electrons. The summed E-state index contributed by atoms with van der Waals surface area (Å²) in [5, 5.41) is 6.05. The number of hydrogen-bond donors (Lipinski definition) is 2. The van der Waals surface area contributed by atoms with Gasteiger partial charge in [-0.25, -0.2) is 9.78 Å². The minimum atomic E-state index is -0.106. The molecule has 0 saturated heterocycles. The third-order valence-electron chi connectivity index (χ3n) is 5.60. The maximum atomic E-state index is 12.2. The normalized spacial score (nSPS) is 22.4. The zero-order valence-electron chi connectivity index (χ0n) is 14.4. The van der Waals surface area contributed by atoms with Crippen molar-refractivity contribution >= 4 is 6.03 Å². The molecule has 5 nitrogen and oxygen atoms in total. The molecule has 26 heavy (non-hydrogen) atoms. The van der Waals surface area contributed by atoms with Crippen molar-refractivity contribution in [1.82, 2.24) is 20.2 Å². The number of amides is 2. The van der Waals surface area contributed by atoms with E-state index in [4.69, 9.17) is 0 Å². The first-order valence-electron chi connectivity index (χ1n) is 8.97. The molecule has 5 heteroatoms. The summed E-state index contributed by atoms with van der Waals surface area (Å²) in [5.41, 5.74) is 4.82. The largest absolute Gasteiger partial charge is 0.335 e. The molecule has 2 amide bonds. The first-order chi connectivity index (χ1) is 12.8. The molecule has 5 rings (SSSR count). The van der Waals surface area contributed by atoms with Crippen LogP contribution in [0.3, 0.4) is 0 Å². The molecule has 2 aliphatic rings. The van der Waals surface area contributed by atoms with E-state index in [1.54, 1.807) is 0 Å². The lowest BCUT2D eigenvalue weighted by atomic mass is 9.68. The highest BCUT2D eigenvalue weighted by Crippen LogP contribution is 2.54. The van der Waals surface area contributed by atoms with E-state index in [0.29, 0.717) is 6.54 Å². The summed E-state index contributed by atoms with van der Waals surface area (Å²) in [6, 6.07) is 18.5. The lowest BCUT2D eigenvalue weighted by Gasteiger charge is -2.47. The Bertz CT molecular complexity index is 957. The van der Waals surface area contributed by atoms with Gasteiger partial charge in [0.15, 0.2) is 0 Å². The second-order valence-corrected chi connectivity index (χ2v) is 7.14. The first kappa shape index (κ1) is 15.2. The standard InChI is InChI=1S/C21H20N4O/c26-20(23-12-15-6-2-1-3-7-15)24-16-10-21(11-16)18-9-5-4-8-17(18)19-13-22-14-25(19)21/h1-9,13-14,16H,10-12H2,(H2,23,24,26). The second kappa shape index (κ2) is 5.73. The Balaban J connectivity index is 1.26. The lowest BCUT2D eigenvalue weighted by Crippen LogP contribution is -2.57. The Morgan fingerprint density at radius 3 is 2.73 bits per heavy atom. The third-order valence-corrected chi connectivity index (χ3v) is 5.60. The van der Waals surface area contributed by atoms with E-state index in [9.17, 15) is 4.79 Å². The van der Waals surface area contributed by atoms with E-state index in [0.717, 1.165) is 18.4 Å². The molecule has 2 heterocycles. The highest BCUT2D eigenvalue weighted by atomic mass is 16.2. The van der Waals surface area contributed by atoms with Crippen LogP contribution in [0.5, 0.6) is 0 Å². The van der Waals surface area contributed by atoms with Crippen LogP contribution < -0.4 is 10.6 Å². The molecule has 1 spiro atoms. The predicted molar refractivity (Wildman–Crippen MR) is 99.6 cm³/mol. The van der Waals surface area contributed by atoms with Gasteiger partial charge in [-0.05, 0) is 24.0 Å². The van der Waals surface area contributed by atoms with Gasteiger partial charge in [0.05, 0.1) is 23.8 Å². The molecule has 2 aromatic carbocycles. The molecule has 130 valence electrons. The maximum absolute atomic E-state index is 12.2. The number of urea groups is 1. The van der Waals surface area contributed by atoms with Crippen molar-refractivity contribution in [3.8, 4) is 11.3 Å². The van der Waals surface area contributed by atoms with Gasteiger partial charge in [0, 0.05) is 18.2 Å². The molecule has 1 fully saturated rings. The van der Waals surface area contributed by atoms with E-state index in [-0.39, 0.29) is 17.6 Å². The second-order valence-electron chi connectivity index (χ2n) is 7.14. The van der Waals surface area contributed by atoms with Crippen LogP contribution >= 0.6 is 0 Å². The van der Waals surface area contributed by atoms with Crippen molar-refractivity contribution in [2.45, 2.75) is 31.0 Å². The van der Waals surface area contributed by atoms with Gasteiger partial charge in [-0.2, -0.15) is 0 Å². The van der Waals surface area contributed by atoms with Crippen LogP contribution in [0.25, 0.3) is 11.3 Å². The number of fused-ring (bicyclic) bond motifs is 5. The van der Waals surface area contributed by atoms with Crippen LogP contribution in [0, 0.1) is 0 Å². The molecule has 1 aliphatic heterocycles. The molecule has 1 aromatic heterocycles. The Morgan fingerprint density at radius 1 is 1.12 bits per heavy atom. The van der Waals surface area contributed by atoms with Crippen LogP contribution in [-0.2, 0) is 12.1 Å². The Hall–Kier alpha value is -3.08. The van der Waals surface area contributed by atoms with Gasteiger partial charge >= 0.3 is 6.03 Å². The Labute approximate surface area is 152 Å². The molecule has 0 unspecified atom stereocenters. The summed E-state index contributed by atoms with van der Waals surface area (Å²) in [4.78, 5) is 16.6. The van der Waals surface area contributed by atoms with Crippen molar-refractivity contribution in [3.63, 3.8) is 0 Å². The van der Waals surface area contributed by atoms with Crippen LogP contribution in [-0.4, -0.2) is 21.6 Å². The predicted octanol–water partition coefficient (Wildman–Crippen LogP) is 3.27. The van der Waals surface area contributed by atoms with Crippen LogP contribution in [0.1, 0.15) is 24.0 Å². The van der Waals surface area contributed by atoms with Gasteiger partial charge in [0.1, 0.15) is 0 Å². The lowest BCUT2D eigenvalue weighted by molar-refractivity contribution is 0.146. The van der Waals surface area contributed by atoms with Crippen molar-refractivity contribution < 1.29 is 4.79 Å². The smallest absolute Gasteiger partial charge is 0.315 e. The van der Waals surface area contributed by atoms with E-state index in [1.165, 1.54) is 16.8 Å². The van der Waals surface area contributed by atoms with Crippen molar-refractivity contribution in [2.75, 3.05) is 0 Å². The van der Waals surface area contributed by atoms with E-state index in [2.05, 4.69) is 44.5 Å². The molecule has 2 N–H and O–H groups in total.